The van der Waals surface area contributed by atoms with Gasteiger partial charge in [-0.05, 0) is 32.1 Å². The predicted octanol–water partition coefficient (Wildman–Crippen LogP) is 6.76. The third kappa shape index (κ3) is 17.0. The lowest BCUT2D eigenvalue weighted by Gasteiger charge is -1.95. The highest BCUT2D eigenvalue weighted by atomic mass is 13.9. The first-order chi connectivity index (χ1) is 9.41. The molecule has 0 aliphatic carbocycles. The molecule has 0 aliphatic heterocycles. The van der Waals surface area contributed by atoms with Crippen LogP contribution in [0.5, 0.6) is 0 Å². The molecule has 0 radical (unpaired) electrons. The maximum absolute atomic E-state index is 2.29. The maximum atomic E-state index is 2.29. The van der Waals surface area contributed by atoms with E-state index in [-0.39, 0.29) is 0 Å². The molecule has 0 fully saturated rings. The van der Waals surface area contributed by atoms with E-state index in [1.54, 1.807) is 0 Å². The van der Waals surface area contributed by atoms with Crippen molar-refractivity contribution in [2.75, 3.05) is 0 Å². The van der Waals surface area contributed by atoms with Gasteiger partial charge in [0, 0.05) is 0 Å². The smallest absolute Gasteiger partial charge is 0.0166 e. The zero-order valence-electron chi connectivity index (χ0n) is 13.0. The van der Waals surface area contributed by atoms with Gasteiger partial charge in [-0.25, -0.2) is 0 Å². The second-order valence-electron chi connectivity index (χ2n) is 4.88. The minimum atomic E-state index is 1.04. The van der Waals surface area contributed by atoms with E-state index in [4.69, 9.17) is 0 Å². The highest BCUT2D eigenvalue weighted by molar-refractivity contribution is 5.05. The Kier molecular flexibility index (Phi) is 16.0. The van der Waals surface area contributed by atoms with Gasteiger partial charge >= 0.3 is 0 Å². The summed E-state index contributed by atoms with van der Waals surface area (Å²) in [6.07, 6.45) is 29.1. The summed E-state index contributed by atoms with van der Waals surface area (Å²) in [4.78, 5) is 0. The van der Waals surface area contributed by atoms with Crippen LogP contribution < -0.4 is 0 Å². The molecule has 19 heavy (non-hydrogen) atoms. The van der Waals surface area contributed by atoms with E-state index in [2.05, 4.69) is 62.5 Å². The molecule has 0 heterocycles. The molecular formula is C19H32. The highest BCUT2D eigenvalue weighted by Gasteiger charge is 1.85. The number of rotatable bonds is 12. The molecule has 0 saturated heterocycles. The zero-order chi connectivity index (χ0) is 14.0. The molecule has 0 saturated carbocycles. The first kappa shape index (κ1) is 18.0. The van der Waals surface area contributed by atoms with Crippen LogP contribution in [0.1, 0.15) is 71.6 Å². The molecule has 0 amide bonds. The van der Waals surface area contributed by atoms with Crippen molar-refractivity contribution >= 4 is 0 Å². The summed E-state index contributed by atoms with van der Waals surface area (Å²) in [6, 6.07) is 0. The fourth-order valence-electron chi connectivity index (χ4n) is 1.81. The van der Waals surface area contributed by atoms with Crippen molar-refractivity contribution in [2.24, 2.45) is 0 Å². The molecule has 0 heteroatoms. The summed E-state index contributed by atoms with van der Waals surface area (Å²) in [5.41, 5.74) is 0. The molecule has 0 aromatic heterocycles. The van der Waals surface area contributed by atoms with Crippen molar-refractivity contribution in [3.63, 3.8) is 0 Å². The van der Waals surface area contributed by atoms with Crippen molar-refractivity contribution in [1.82, 2.24) is 0 Å². The van der Waals surface area contributed by atoms with E-state index in [1.165, 1.54) is 38.5 Å². The Morgan fingerprint density at radius 1 is 0.579 bits per heavy atom. The fraction of sp³-hybridized carbons (Fsp3) is 0.579. The molecule has 0 unspecified atom stereocenters. The van der Waals surface area contributed by atoms with E-state index in [0.717, 1.165) is 19.3 Å². The molecule has 0 nitrogen and oxygen atoms in total. The largest absolute Gasteiger partial charge is 0.0885 e. The Morgan fingerprint density at radius 3 is 1.95 bits per heavy atom. The van der Waals surface area contributed by atoms with Gasteiger partial charge in [0.1, 0.15) is 0 Å². The second-order valence-corrected chi connectivity index (χ2v) is 4.88. The van der Waals surface area contributed by atoms with Gasteiger partial charge in [-0.3, -0.25) is 0 Å². The molecule has 108 valence electrons. The molecule has 0 N–H and O–H groups in total. The summed E-state index contributed by atoms with van der Waals surface area (Å²) in [5, 5.41) is 0. The minimum Gasteiger partial charge on any atom is -0.0885 e. The normalized spacial score (nSPS) is 12.7. The van der Waals surface area contributed by atoms with Crippen LogP contribution in [-0.2, 0) is 0 Å². The van der Waals surface area contributed by atoms with Crippen LogP contribution in [0.3, 0.4) is 0 Å². The Labute approximate surface area is 121 Å². The number of hydrogen-bond acceptors (Lipinski definition) is 0. The van der Waals surface area contributed by atoms with Crippen molar-refractivity contribution in [1.29, 1.82) is 0 Å². The summed E-state index contributed by atoms with van der Waals surface area (Å²) in [7, 11) is 0. The highest BCUT2D eigenvalue weighted by Crippen LogP contribution is 2.05. The van der Waals surface area contributed by atoms with Crippen molar-refractivity contribution in [2.45, 2.75) is 71.6 Å². The Bertz CT molecular complexity index is 266. The van der Waals surface area contributed by atoms with E-state index in [1.807, 2.05) is 0 Å². The van der Waals surface area contributed by atoms with Crippen LogP contribution in [0.2, 0.25) is 0 Å². The lowest BCUT2D eigenvalue weighted by Crippen LogP contribution is -1.75. The van der Waals surface area contributed by atoms with Gasteiger partial charge in [-0.2, -0.15) is 0 Å². The van der Waals surface area contributed by atoms with Crippen LogP contribution >= 0.6 is 0 Å². The van der Waals surface area contributed by atoms with E-state index in [9.17, 15) is 0 Å². The Morgan fingerprint density at radius 2 is 1.21 bits per heavy atom. The summed E-state index contributed by atoms with van der Waals surface area (Å²) in [5.74, 6) is 0. The lowest BCUT2D eigenvalue weighted by atomic mass is 10.1. The molecule has 0 atom stereocenters. The van der Waals surface area contributed by atoms with Gasteiger partial charge in [-0.15, -0.1) is 0 Å². The summed E-state index contributed by atoms with van der Waals surface area (Å²) < 4.78 is 0. The van der Waals surface area contributed by atoms with Gasteiger partial charge in [0.2, 0.25) is 0 Å². The molecular weight excluding hydrogens is 228 g/mol. The van der Waals surface area contributed by atoms with E-state index < -0.39 is 0 Å². The molecule has 0 rings (SSSR count). The van der Waals surface area contributed by atoms with Gasteiger partial charge in [0.15, 0.2) is 0 Å². The van der Waals surface area contributed by atoms with Gasteiger partial charge in [0.05, 0.1) is 0 Å². The van der Waals surface area contributed by atoms with Crippen LogP contribution in [0.25, 0.3) is 0 Å². The van der Waals surface area contributed by atoms with Crippen LogP contribution in [0.4, 0.5) is 0 Å². The Hall–Kier alpha value is -1.04. The minimum absolute atomic E-state index is 1.04. The molecule has 0 bridgehead atoms. The topological polar surface area (TPSA) is 0 Å². The maximum Gasteiger partial charge on any atom is -0.0166 e. The first-order valence-corrected chi connectivity index (χ1v) is 8.03. The predicted molar refractivity (Wildman–Crippen MR) is 89.5 cm³/mol. The van der Waals surface area contributed by atoms with Crippen LogP contribution in [0, 0.1) is 0 Å². The van der Waals surface area contributed by atoms with Crippen molar-refractivity contribution < 1.29 is 0 Å². The number of unbranched alkanes of at least 4 members (excludes halogenated alkanes) is 5. The lowest BCUT2D eigenvalue weighted by molar-refractivity contribution is 0.637. The summed E-state index contributed by atoms with van der Waals surface area (Å²) in [6.45, 7) is 4.43. The second kappa shape index (κ2) is 17.0. The Balaban J connectivity index is 3.34. The third-order valence-corrected chi connectivity index (χ3v) is 2.97. The van der Waals surface area contributed by atoms with E-state index >= 15 is 0 Å². The van der Waals surface area contributed by atoms with Crippen LogP contribution in [0.15, 0.2) is 48.6 Å². The SMILES string of the molecule is CC/C=C\C/C=C\C/C=C\C=C/CCCCCCC. The average Bonchev–Trinajstić information content (AvgIpc) is 2.43. The van der Waals surface area contributed by atoms with Crippen molar-refractivity contribution in [3.05, 3.63) is 48.6 Å². The molecule has 0 aromatic carbocycles. The standard InChI is InChI=1S/C19H32/c1-3-5-7-9-11-13-15-17-19-18-16-14-12-10-8-6-4-2/h5,7,11,13,16-19H,3-4,6,8-10,12,14-15H2,1-2H3/b7-5-,13-11-,18-16-,19-17-. The van der Waals surface area contributed by atoms with Gasteiger partial charge in [-0.1, -0.05) is 88.1 Å². The molecule has 0 aliphatic rings. The number of hydrogen-bond donors (Lipinski definition) is 0. The monoisotopic (exact) mass is 260 g/mol. The van der Waals surface area contributed by atoms with Crippen molar-refractivity contribution in [3.8, 4) is 0 Å². The summed E-state index contributed by atoms with van der Waals surface area (Å²) >= 11 is 0. The number of allylic oxidation sites excluding steroid dienone is 8. The zero-order valence-corrected chi connectivity index (χ0v) is 13.0. The fourth-order valence-corrected chi connectivity index (χ4v) is 1.81. The quantitative estimate of drug-likeness (QED) is 0.206. The third-order valence-electron chi connectivity index (χ3n) is 2.97. The first-order valence-electron chi connectivity index (χ1n) is 8.03. The van der Waals surface area contributed by atoms with E-state index in [0.29, 0.717) is 0 Å². The molecule has 0 aromatic rings. The average molecular weight is 260 g/mol. The van der Waals surface area contributed by atoms with Gasteiger partial charge < -0.3 is 0 Å². The van der Waals surface area contributed by atoms with Crippen LogP contribution in [-0.4, -0.2) is 0 Å². The molecule has 0 spiro atoms. The van der Waals surface area contributed by atoms with Gasteiger partial charge in [0.25, 0.3) is 0 Å².